The molecule has 1 amide bonds. The smallest absolute Gasteiger partial charge is 0.407 e. The van der Waals surface area contributed by atoms with Crippen LogP contribution in [0.3, 0.4) is 0 Å². The van der Waals surface area contributed by atoms with Crippen molar-refractivity contribution in [3.63, 3.8) is 0 Å². The second-order valence-electron chi connectivity index (χ2n) is 17.3. The minimum Gasteiger partial charge on any atom is -0.461 e. The summed E-state index contributed by atoms with van der Waals surface area (Å²) < 4.78 is 64.2. The standard InChI is InChI=1S/C40H53ClF3N7O5/c1-38(2,3)55-31(52)11-8-7-10-27-28(15-25(45)16-30(27)41)33-32(44)34-29(18-46-33)35(50-19-23(42)14-26(21-50)47-37(53)56-39(4,5)6)49-36(48-34)54-22-40-12-9-13-51(40)20-24(43)17-40/h15-16,18,23-24,26H,7-14,17,19-22,45H2,1-6H3,(H,47,53)/t23-,24-,26-,40+/m1/s1. The van der Waals surface area contributed by atoms with Crippen LogP contribution in [0, 0.1) is 5.82 Å². The second kappa shape index (κ2) is 16.4. The number of nitrogen functional groups attached to an aromatic ring is 1. The molecule has 0 bridgehead atoms. The van der Waals surface area contributed by atoms with Crippen molar-refractivity contribution >= 4 is 46.1 Å². The lowest BCUT2D eigenvalue weighted by Gasteiger charge is -2.36. The fourth-order valence-electron chi connectivity index (χ4n) is 8.04. The van der Waals surface area contributed by atoms with Gasteiger partial charge in [0.05, 0.1) is 23.5 Å². The number of fused-ring (bicyclic) bond motifs is 2. The summed E-state index contributed by atoms with van der Waals surface area (Å²) in [6, 6.07) is 2.37. The zero-order valence-electron chi connectivity index (χ0n) is 33.0. The van der Waals surface area contributed by atoms with Gasteiger partial charge >= 0.3 is 18.1 Å². The molecule has 0 unspecified atom stereocenters. The van der Waals surface area contributed by atoms with Gasteiger partial charge < -0.3 is 30.2 Å². The molecule has 306 valence electrons. The summed E-state index contributed by atoms with van der Waals surface area (Å²) in [6.07, 6.45) is 2.03. The van der Waals surface area contributed by atoms with E-state index in [1.54, 1.807) is 37.8 Å². The number of nitrogens with zero attached hydrogens (tertiary/aromatic N) is 5. The number of amides is 1. The quantitative estimate of drug-likeness (QED) is 0.113. The average molecular weight is 804 g/mol. The third-order valence-corrected chi connectivity index (χ3v) is 10.6. The van der Waals surface area contributed by atoms with Crippen molar-refractivity contribution in [2.24, 2.45) is 0 Å². The minimum absolute atomic E-state index is 0.0400. The Morgan fingerprint density at radius 2 is 1.79 bits per heavy atom. The number of aromatic nitrogens is 3. The van der Waals surface area contributed by atoms with Crippen LogP contribution in [0.15, 0.2) is 18.3 Å². The number of piperidine rings is 1. The molecule has 0 saturated carbocycles. The number of anilines is 2. The van der Waals surface area contributed by atoms with Gasteiger partial charge in [0.2, 0.25) is 0 Å². The van der Waals surface area contributed by atoms with Gasteiger partial charge in [-0.3, -0.25) is 14.7 Å². The van der Waals surface area contributed by atoms with Gasteiger partial charge in [0.1, 0.15) is 47.2 Å². The molecule has 0 spiro atoms. The molecule has 6 rings (SSSR count). The van der Waals surface area contributed by atoms with Crippen LogP contribution >= 0.6 is 11.6 Å². The van der Waals surface area contributed by atoms with E-state index < -0.39 is 47.0 Å². The highest BCUT2D eigenvalue weighted by Gasteiger charge is 2.49. The summed E-state index contributed by atoms with van der Waals surface area (Å²) >= 11 is 6.71. The normalized spacial score (nSPS) is 23.0. The van der Waals surface area contributed by atoms with E-state index in [1.807, 2.05) is 20.8 Å². The van der Waals surface area contributed by atoms with Gasteiger partial charge in [-0.15, -0.1) is 0 Å². The fourth-order valence-corrected chi connectivity index (χ4v) is 8.36. The predicted octanol–water partition coefficient (Wildman–Crippen LogP) is 7.52. The summed E-state index contributed by atoms with van der Waals surface area (Å²) in [5.74, 6) is -0.936. The second-order valence-corrected chi connectivity index (χ2v) is 17.7. The maximum Gasteiger partial charge on any atom is 0.407 e. The predicted molar refractivity (Wildman–Crippen MR) is 209 cm³/mol. The SMILES string of the molecule is CC(C)(C)OC(=O)CCCCc1c(Cl)cc(N)cc1-c1ncc2c(N3C[C@H](F)C[C@@H](NC(=O)OC(C)(C)C)C3)nc(OC[C@@]34CCCN3C[C@H](F)C4)nc2c1F. The van der Waals surface area contributed by atoms with Crippen molar-refractivity contribution in [1.82, 2.24) is 25.2 Å². The van der Waals surface area contributed by atoms with Gasteiger partial charge in [-0.1, -0.05) is 11.6 Å². The maximum atomic E-state index is 17.1. The van der Waals surface area contributed by atoms with Gasteiger partial charge in [0, 0.05) is 54.8 Å². The number of halogens is 4. The molecule has 3 fully saturated rings. The average Bonchev–Trinajstić information content (AvgIpc) is 3.60. The number of hydrogen-bond acceptors (Lipinski definition) is 11. The van der Waals surface area contributed by atoms with Crippen molar-refractivity contribution in [3.8, 4) is 17.3 Å². The van der Waals surface area contributed by atoms with Crippen molar-refractivity contribution < 1.29 is 37.0 Å². The van der Waals surface area contributed by atoms with Crippen LogP contribution in [0.2, 0.25) is 5.02 Å². The molecule has 3 aromatic rings. The first kappa shape index (κ1) is 41.5. The number of nitrogens with one attached hydrogen (secondary N) is 1. The van der Waals surface area contributed by atoms with Crippen molar-refractivity contribution in [2.45, 2.75) is 128 Å². The molecular formula is C40H53ClF3N7O5. The van der Waals surface area contributed by atoms with E-state index in [0.717, 1.165) is 19.4 Å². The zero-order chi connectivity index (χ0) is 40.6. The number of pyridine rings is 1. The first-order chi connectivity index (χ1) is 26.3. The number of ether oxygens (including phenoxy) is 3. The molecule has 5 heterocycles. The molecule has 0 radical (unpaired) electrons. The number of benzene rings is 1. The Morgan fingerprint density at radius 3 is 2.52 bits per heavy atom. The van der Waals surface area contributed by atoms with Crippen LogP contribution in [0.5, 0.6) is 6.01 Å². The number of carbonyl (C=O) groups is 2. The summed E-state index contributed by atoms with van der Waals surface area (Å²) in [4.78, 5) is 42.5. The molecule has 3 N–H and O–H groups in total. The van der Waals surface area contributed by atoms with E-state index in [2.05, 4.69) is 25.2 Å². The maximum absolute atomic E-state index is 17.1. The fraction of sp³-hybridized carbons (Fsp3) is 0.625. The number of unbranched alkanes of at least 4 members (excludes halogenated alkanes) is 1. The lowest BCUT2D eigenvalue weighted by Crippen LogP contribution is -2.52. The van der Waals surface area contributed by atoms with Crippen LogP contribution in [-0.2, 0) is 20.7 Å². The van der Waals surface area contributed by atoms with Gasteiger partial charge in [-0.2, -0.15) is 9.97 Å². The molecule has 1 aromatic carbocycles. The lowest BCUT2D eigenvalue weighted by atomic mass is 9.95. The topological polar surface area (TPSA) is 145 Å². The molecule has 3 aliphatic rings. The Labute approximate surface area is 331 Å². The van der Waals surface area contributed by atoms with Gasteiger partial charge in [-0.05, 0) is 97.9 Å². The largest absolute Gasteiger partial charge is 0.461 e. The van der Waals surface area contributed by atoms with Crippen molar-refractivity contribution in [2.75, 3.05) is 43.4 Å². The van der Waals surface area contributed by atoms with Gasteiger partial charge in [-0.25, -0.2) is 18.0 Å². The third kappa shape index (κ3) is 9.88. The highest BCUT2D eigenvalue weighted by atomic mass is 35.5. The van der Waals surface area contributed by atoms with E-state index >= 15 is 8.78 Å². The van der Waals surface area contributed by atoms with Crippen LogP contribution in [0.25, 0.3) is 22.2 Å². The molecule has 56 heavy (non-hydrogen) atoms. The number of alkyl carbamates (subject to hydrolysis) is 1. The number of hydrogen-bond donors (Lipinski definition) is 2. The van der Waals surface area contributed by atoms with Gasteiger partial charge in [0.15, 0.2) is 5.82 Å². The summed E-state index contributed by atoms with van der Waals surface area (Å²) in [5, 5.41) is 3.27. The Morgan fingerprint density at radius 1 is 1.04 bits per heavy atom. The summed E-state index contributed by atoms with van der Waals surface area (Å²) in [5.41, 5.74) is 5.39. The van der Waals surface area contributed by atoms with Crippen molar-refractivity contribution in [3.05, 3.63) is 34.7 Å². The summed E-state index contributed by atoms with van der Waals surface area (Å²) in [7, 11) is 0. The number of esters is 1. The minimum atomic E-state index is -1.37. The van der Waals surface area contributed by atoms with Crippen LogP contribution in [-0.4, -0.2) is 99.8 Å². The third-order valence-electron chi connectivity index (χ3n) is 10.2. The molecule has 4 atom stereocenters. The Hall–Kier alpha value is -4.11. The van der Waals surface area contributed by atoms with E-state index in [4.69, 9.17) is 31.5 Å². The van der Waals surface area contributed by atoms with Gasteiger partial charge in [0.25, 0.3) is 0 Å². The molecule has 3 aliphatic heterocycles. The molecule has 12 nitrogen and oxygen atoms in total. The molecular weight excluding hydrogens is 751 g/mol. The molecule has 16 heteroatoms. The van der Waals surface area contributed by atoms with E-state index in [1.165, 1.54) is 6.20 Å². The number of nitrogens with two attached hydrogens (primary N) is 1. The molecule has 0 aliphatic carbocycles. The van der Waals surface area contributed by atoms with E-state index in [0.29, 0.717) is 54.1 Å². The highest BCUT2D eigenvalue weighted by Crippen LogP contribution is 2.41. The Balaban J connectivity index is 1.35. The number of rotatable bonds is 11. The summed E-state index contributed by atoms with van der Waals surface area (Å²) in [6.45, 7) is 11.8. The Kier molecular flexibility index (Phi) is 12.2. The van der Waals surface area contributed by atoms with Crippen molar-refractivity contribution in [1.29, 1.82) is 0 Å². The first-order valence-corrected chi connectivity index (χ1v) is 19.7. The number of alkyl halides is 2. The van der Waals surface area contributed by atoms with E-state index in [9.17, 15) is 14.0 Å². The first-order valence-electron chi connectivity index (χ1n) is 19.4. The van der Waals surface area contributed by atoms with Crippen LogP contribution in [0.1, 0.15) is 92.1 Å². The highest BCUT2D eigenvalue weighted by molar-refractivity contribution is 6.32. The monoisotopic (exact) mass is 803 g/mol. The van der Waals surface area contributed by atoms with E-state index in [-0.39, 0.29) is 66.9 Å². The molecule has 2 aromatic heterocycles. The van der Waals surface area contributed by atoms with Crippen LogP contribution in [0.4, 0.5) is 29.5 Å². The number of carbonyl (C=O) groups excluding carboxylic acids is 2. The lowest BCUT2D eigenvalue weighted by molar-refractivity contribution is -0.154. The van der Waals surface area contributed by atoms with Crippen LogP contribution < -0.4 is 20.7 Å². The Bertz CT molecular complexity index is 1940. The molecule has 3 saturated heterocycles. The zero-order valence-corrected chi connectivity index (χ0v) is 33.8.